The topological polar surface area (TPSA) is 108 Å². The number of nitrogens with zero attached hydrogens (tertiary/aromatic N) is 5. The molecule has 1 saturated heterocycles. The fourth-order valence-electron chi connectivity index (χ4n) is 3.47. The quantitative estimate of drug-likeness (QED) is 0.368. The van der Waals surface area contributed by atoms with Gasteiger partial charge in [-0.05, 0) is 17.7 Å². The van der Waals surface area contributed by atoms with E-state index in [1.54, 1.807) is 18.2 Å². The molecule has 0 saturated carbocycles. The minimum atomic E-state index is -0.366. The molecule has 0 spiro atoms. The van der Waals surface area contributed by atoms with Crippen molar-refractivity contribution < 1.29 is 9.72 Å². The maximum Gasteiger partial charge on any atom is 0.292 e. The number of H-pyrrole nitrogens is 1. The van der Waals surface area contributed by atoms with Gasteiger partial charge in [-0.25, -0.2) is 4.98 Å². The Morgan fingerprint density at radius 1 is 1.10 bits per heavy atom. The fraction of sp³-hybridized carbons (Fsp3) is 0.250. The van der Waals surface area contributed by atoms with Crippen LogP contribution in [0, 0.1) is 10.1 Å². The van der Waals surface area contributed by atoms with Crippen molar-refractivity contribution in [3.05, 3.63) is 76.1 Å². The first kappa shape index (κ1) is 19.9. The van der Waals surface area contributed by atoms with E-state index in [4.69, 9.17) is 0 Å². The molecule has 0 aliphatic carbocycles. The Bertz CT molecular complexity index is 1030. The highest BCUT2D eigenvalue weighted by atomic mass is 32.2. The van der Waals surface area contributed by atoms with E-state index in [0.717, 1.165) is 5.56 Å². The number of thioether (sulfide) groups is 1. The SMILES string of the molecule is O=C(c1ccccc1CSc1ncn[nH]1)N1CCN(c2ccccc2[N+](=O)[O-])CC1. The largest absolute Gasteiger partial charge is 0.362 e. The molecule has 2 heterocycles. The summed E-state index contributed by atoms with van der Waals surface area (Å²) in [5, 5.41) is 18.7. The Balaban J connectivity index is 1.43. The van der Waals surface area contributed by atoms with Gasteiger partial charge in [0, 0.05) is 43.6 Å². The number of anilines is 1. The van der Waals surface area contributed by atoms with E-state index in [1.807, 2.05) is 34.1 Å². The molecule has 0 bridgehead atoms. The number of para-hydroxylation sites is 2. The van der Waals surface area contributed by atoms with Gasteiger partial charge in [-0.3, -0.25) is 20.0 Å². The van der Waals surface area contributed by atoms with Gasteiger partial charge >= 0.3 is 0 Å². The number of nitro groups is 1. The predicted molar refractivity (Wildman–Crippen MR) is 114 cm³/mol. The summed E-state index contributed by atoms with van der Waals surface area (Å²) < 4.78 is 0. The zero-order valence-corrected chi connectivity index (χ0v) is 16.9. The number of nitrogens with one attached hydrogen (secondary N) is 1. The average Bonchev–Trinajstić information content (AvgIpc) is 3.31. The Labute approximate surface area is 177 Å². The molecule has 154 valence electrons. The Hall–Kier alpha value is -3.40. The molecule has 1 N–H and O–H groups in total. The van der Waals surface area contributed by atoms with Gasteiger partial charge in [0.25, 0.3) is 11.6 Å². The number of carbonyl (C=O) groups excluding carboxylic acids is 1. The summed E-state index contributed by atoms with van der Waals surface area (Å²) in [4.78, 5) is 32.0. The third-order valence-corrected chi connectivity index (χ3v) is 5.92. The van der Waals surface area contributed by atoms with E-state index in [0.29, 0.717) is 48.3 Å². The smallest absolute Gasteiger partial charge is 0.292 e. The number of amides is 1. The number of benzene rings is 2. The molecular formula is C20H20N6O3S. The molecule has 1 aliphatic rings. The highest BCUT2D eigenvalue weighted by Gasteiger charge is 2.26. The zero-order chi connectivity index (χ0) is 20.9. The van der Waals surface area contributed by atoms with Crippen LogP contribution >= 0.6 is 11.8 Å². The molecule has 1 amide bonds. The molecule has 2 aromatic carbocycles. The maximum atomic E-state index is 13.2. The van der Waals surface area contributed by atoms with E-state index >= 15 is 0 Å². The van der Waals surface area contributed by atoms with Gasteiger partial charge in [-0.2, -0.15) is 5.10 Å². The number of aromatic nitrogens is 3. The van der Waals surface area contributed by atoms with Crippen LogP contribution in [-0.2, 0) is 5.75 Å². The third-order valence-electron chi connectivity index (χ3n) is 4.99. The van der Waals surface area contributed by atoms with Gasteiger partial charge in [0.1, 0.15) is 12.0 Å². The predicted octanol–water partition coefficient (Wildman–Crippen LogP) is 2.97. The summed E-state index contributed by atoms with van der Waals surface area (Å²) in [5.74, 6) is 0.582. The summed E-state index contributed by atoms with van der Waals surface area (Å²) in [6.07, 6.45) is 1.45. The van der Waals surface area contributed by atoms with Crippen molar-refractivity contribution in [3.8, 4) is 0 Å². The van der Waals surface area contributed by atoms with Crippen molar-refractivity contribution in [2.75, 3.05) is 31.1 Å². The molecule has 1 fully saturated rings. The second kappa shape index (κ2) is 8.95. The van der Waals surface area contributed by atoms with Crippen molar-refractivity contribution in [2.24, 2.45) is 0 Å². The van der Waals surface area contributed by atoms with E-state index in [1.165, 1.54) is 24.2 Å². The molecule has 3 aromatic rings. The number of piperazine rings is 1. The summed E-state index contributed by atoms with van der Waals surface area (Å²) in [6, 6.07) is 14.3. The molecule has 9 nitrogen and oxygen atoms in total. The number of hydrogen-bond donors (Lipinski definition) is 1. The third kappa shape index (κ3) is 4.28. The number of hydrogen-bond acceptors (Lipinski definition) is 7. The van der Waals surface area contributed by atoms with Gasteiger partial charge in [-0.15, -0.1) is 0 Å². The highest BCUT2D eigenvalue weighted by Crippen LogP contribution is 2.29. The summed E-state index contributed by atoms with van der Waals surface area (Å²) in [7, 11) is 0. The normalized spacial score (nSPS) is 14.0. The van der Waals surface area contributed by atoms with Crippen molar-refractivity contribution in [3.63, 3.8) is 0 Å². The van der Waals surface area contributed by atoms with Crippen LogP contribution in [0.4, 0.5) is 11.4 Å². The van der Waals surface area contributed by atoms with Gasteiger partial charge in [0.15, 0.2) is 5.16 Å². The maximum absolute atomic E-state index is 13.2. The highest BCUT2D eigenvalue weighted by molar-refractivity contribution is 7.98. The molecule has 0 radical (unpaired) electrons. The average molecular weight is 424 g/mol. The number of rotatable bonds is 6. The molecule has 0 unspecified atom stereocenters. The van der Waals surface area contributed by atoms with Crippen molar-refractivity contribution >= 4 is 29.0 Å². The van der Waals surface area contributed by atoms with Crippen molar-refractivity contribution in [1.29, 1.82) is 0 Å². The van der Waals surface area contributed by atoms with E-state index in [-0.39, 0.29) is 16.5 Å². The molecule has 10 heteroatoms. The van der Waals surface area contributed by atoms with Crippen molar-refractivity contribution in [2.45, 2.75) is 10.9 Å². The molecule has 30 heavy (non-hydrogen) atoms. The number of carbonyl (C=O) groups is 1. The number of nitro benzene ring substituents is 1. The molecule has 1 aliphatic heterocycles. The minimum absolute atomic E-state index is 0.0222. The number of aromatic amines is 1. The summed E-state index contributed by atoms with van der Waals surface area (Å²) in [5.41, 5.74) is 2.29. The van der Waals surface area contributed by atoms with Crippen LogP contribution in [0.25, 0.3) is 0 Å². The van der Waals surface area contributed by atoms with Crippen LogP contribution in [0.3, 0.4) is 0 Å². The standard InChI is InChI=1S/C20H20N6O3S/c27-19(16-6-2-1-5-15(16)13-30-20-21-14-22-23-20)25-11-9-24(10-12-25)17-7-3-4-8-18(17)26(28)29/h1-8,14H,9-13H2,(H,21,22,23). The van der Waals surface area contributed by atoms with Gasteiger partial charge < -0.3 is 9.80 Å². The van der Waals surface area contributed by atoms with Crippen LogP contribution in [0.2, 0.25) is 0 Å². The first-order valence-electron chi connectivity index (χ1n) is 9.47. The van der Waals surface area contributed by atoms with E-state index in [2.05, 4.69) is 15.2 Å². The Morgan fingerprint density at radius 2 is 1.83 bits per heavy atom. The van der Waals surface area contributed by atoms with Gasteiger partial charge in [-0.1, -0.05) is 42.1 Å². The lowest BCUT2D eigenvalue weighted by Crippen LogP contribution is -2.49. The van der Waals surface area contributed by atoms with Crippen LogP contribution < -0.4 is 4.90 Å². The second-order valence-electron chi connectivity index (χ2n) is 6.76. The lowest BCUT2D eigenvalue weighted by Gasteiger charge is -2.36. The molecule has 1 aromatic heterocycles. The lowest BCUT2D eigenvalue weighted by atomic mass is 10.1. The second-order valence-corrected chi connectivity index (χ2v) is 7.73. The van der Waals surface area contributed by atoms with Crippen LogP contribution in [0.15, 0.2) is 60.0 Å². The summed E-state index contributed by atoms with van der Waals surface area (Å²) >= 11 is 1.49. The molecular weight excluding hydrogens is 404 g/mol. The first-order valence-corrected chi connectivity index (χ1v) is 10.5. The summed E-state index contributed by atoms with van der Waals surface area (Å²) in [6.45, 7) is 2.11. The van der Waals surface area contributed by atoms with Crippen molar-refractivity contribution in [1.82, 2.24) is 20.1 Å². The van der Waals surface area contributed by atoms with Gasteiger partial charge in [0.2, 0.25) is 0 Å². The molecule has 4 rings (SSSR count). The van der Waals surface area contributed by atoms with E-state index in [9.17, 15) is 14.9 Å². The van der Waals surface area contributed by atoms with Gasteiger partial charge in [0.05, 0.1) is 4.92 Å². The zero-order valence-electron chi connectivity index (χ0n) is 16.1. The van der Waals surface area contributed by atoms with Crippen LogP contribution in [0.1, 0.15) is 15.9 Å². The van der Waals surface area contributed by atoms with Crippen LogP contribution in [0.5, 0.6) is 0 Å². The monoisotopic (exact) mass is 424 g/mol. The Morgan fingerprint density at radius 3 is 2.57 bits per heavy atom. The lowest BCUT2D eigenvalue weighted by molar-refractivity contribution is -0.384. The van der Waals surface area contributed by atoms with E-state index < -0.39 is 0 Å². The first-order chi connectivity index (χ1) is 14.6. The Kier molecular flexibility index (Phi) is 5.94. The molecule has 0 atom stereocenters. The minimum Gasteiger partial charge on any atom is -0.362 e. The fourth-order valence-corrected chi connectivity index (χ4v) is 4.25. The van der Waals surface area contributed by atoms with Crippen LogP contribution in [-0.4, -0.2) is 57.1 Å².